The number of amides is 1. The smallest absolute Gasteiger partial charge is 0.269 e. The molecule has 0 atom stereocenters. The molecule has 1 fully saturated rings. The molecule has 0 aliphatic carbocycles. The number of nitrogens with zero attached hydrogens (tertiary/aromatic N) is 4. The number of aryl methyl sites for hydroxylation is 1. The number of carbonyl (C=O) groups excluding carboxylic acids is 1. The van der Waals surface area contributed by atoms with Crippen molar-refractivity contribution in [2.24, 2.45) is 13.0 Å². The molecule has 8 nitrogen and oxygen atoms in total. The number of nitro groups is 1. The van der Waals surface area contributed by atoms with Crippen LogP contribution in [-0.4, -0.2) is 52.2 Å². The number of piperidine rings is 1. The van der Waals surface area contributed by atoms with Crippen LogP contribution < -0.4 is 5.32 Å². The Bertz CT molecular complexity index is 813. The predicted molar refractivity (Wildman–Crippen MR) is 110 cm³/mol. The van der Waals surface area contributed by atoms with Crippen molar-refractivity contribution in [3.63, 3.8) is 0 Å². The van der Waals surface area contributed by atoms with Crippen molar-refractivity contribution in [2.45, 2.75) is 19.3 Å². The third-order valence-electron chi connectivity index (χ3n) is 5.12. The summed E-state index contributed by atoms with van der Waals surface area (Å²) in [5.74, 6) is 0.632. The average Bonchev–Trinajstić information content (AvgIpc) is 3.08. The van der Waals surface area contributed by atoms with Crippen LogP contribution in [0.15, 0.2) is 30.5 Å². The minimum atomic E-state index is -0.438. The van der Waals surface area contributed by atoms with E-state index >= 15 is 0 Å². The lowest BCUT2D eigenvalue weighted by Crippen LogP contribution is -2.39. The molecule has 0 radical (unpaired) electrons. The molecule has 3 rings (SSSR count). The van der Waals surface area contributed by atoms with Gasteiger partial charge in [0.2, 0.25) is 0 Å². The first-order valence-corrected chi connectivity index (χ1v) is 9.22. The molecule has 1 aliphatic heterocycles. The second-order valence-corrected chi connectivity index (χ2v) is 7.00. The van der Waals surface area contributed by atoms with Gasteiger partial charge in [-0.1, -0.05) is 0 Å². The lowest BCUT2D eigenvalue weighted by molar-refractivity contribution is -0.384. The maximum absolute atomic E-state index is 13.1. The molecule has 1 amide bonds. The summed E-state index contributed by atoms with van der Waals surface area (Å²) in [6, 6.07) is 6.15. The van der Waals surface area contributed by atoms with E-state index in [2.05, 4.69) is 10.4 Å². The van der Waals surface area contributed by atoms with Crippen LogP contribution in [0.4, 0.5) is 5.69 Å². The van der Waals surface area contributed by atoms with Gasteiger partial charge in [-0.05, 0) is 50.9 Å². The Labute approximate surface area is 170 Å². The third kappa shape index (κ3) is 4.88. The second kappa shape index (κ2) is 9.66. The number of aromatic nitrogens is 2. The quantitative estimate of drug-likeness (QED) is 0.587. The Kier molecular flexibility index (Phi) is 7.53. The molecule has 1 aromatic heterocycles. The van der Waals surface area contributed by atoms with Crippen molar-refractivity contribution in [3.05, 3.63) is 46.1 Å². The highest BCUT2D eigenvalue weighted by Gasteiger charge is 2.27. The number of benzene rings is 1. The highest BCUT2D eigenvalue weighted by atomic mass is 35.5. The first-order valence-electron chi connectivity index (χ1n) is 9.22. The average molecular weight is 408 g/mol. The number of hydrogen-bond donors (Lipinski definition) is 1. The molecule has 0 saturated carbocycles. The topological polar surface area (TPSA) is 93.3 Å². The van der Waals surface area contributed by atoms with Crippen LogP contribution in [-0.2, 0) is 7.05 Å². The SMILES string of the molecule is CNCCC1CCN(C(=O)c2cn(C)nc2-c2ccc([N+](=O)[O-])cc2)CC1.Cl. The molecule has 152 valence electrons. The van der Waals surface area contributed by atoms with E-state index in [0.717, 1.165) is 38.9 Å². The minimum Gasteiger partial charge on any atom is -0.339 e. The third-order valence-corrected chi connectivity index (χ3v) is 5.12. The number of nitro benzene ring substituents is 1. The summed E-state index contributed by atoms with van der Waals surface area (Å²) in [4.78, 5) is 25.4. The highest BCUT2D eigenvalue weighted by molar-refractivity contribution is 5.99. The zero-order chi connectivity index (χ0) is 19.4. The van der Waals surface area contributed by atoms with E-state index in [4.69, 9.17) is 0 Å². The molecule has 1 aromatic carbocycles. The van der Waals surface area contributed by atoms with Crippen molar-refractivity contribution in [3.8, 4) is 11.3 Å². The first kappa shape index (κ1) is 21.8. The Hall–Kier alpha value is -2.45. The van der Waals surface area contributed by atoms with Crippen LogP contribution in [0.2, 0.25) is 0 Å². The second-order valence-electron chi connectivity index (χ2n) is 7.00. The predicted octanol–water partition coefficient (Wildman–Crippen LogP) is 2.88. The van der Waals surface area contributed by atoms with Gasteiger partial charge in [0.05, 0.1) is 10.5 Å². The van der Waals surface area contributed by atoms with Gasteiger partial charge in [0, 0.05) is 44.0 Å². The zero-order valence-corrected chi connectivity index (χ0v) is 16.9. The van der Waals surface area contributed by atoms with Crippen molar-refractivity contribution in [2.75, 3.05) is 26.7 Å². The summed E-state index contributed by atoms with van der Waals surface area (Å²) in [7, 11) is 3.73. The number of nitrogens with one attached hydrogen (secondary N) is 1. The van der Waals surface area contributed by atoms with E-state index in [0.29, 0.717) is 22.7 Å². The first-order chi connectivity index (χ1) is 13.0. The van der Waals surface area contributed by atoms with Gasteiger partial charge in [-0.2, -0.15) is 5.10 Å². The number of non-ortho nitro benzene ring substituents is 1. The van der Waals surface area contributed by atoms with Gasteiger partial charge in [-0.15, -0.1) is 12.4 Å². The zero-order valence-electron chi connectivity index (χ0n) is 16.1. The van der Waals surface area contributed by atoms with Crippen molar-refractivity contribution >= 4 is 24.0 Å². The molecule has 0 unspecified atom stereocenters. The number of hydrogen-bond acceptors (Lipinski definition) is 5. The molecule has 9 heteroatoms. The molecule has 0 spiro atoms. The molecule has 1 N–H and O–H groups in total. The molecule has 2 aromatic rings. The van der Waals surface area contributed by atoms with Crippen LogP contribution in [0.3, 0.4) is 0 Å². The summed E-state index contributed by atoms with van der Waals surface area (Å²) in [5, 5.41) is 18.4. The summed E-state index contributed by atoms with van der Waals surface area (Å²) in [6.45, 7) is 2.51. The largest absolute Gasteiger partial charge is 0.339 e. The molecule has 1 saturated heterocycles. The van der Waals surface area contributed by atoms with Crippen LogP contribution in [0.5, 0.6) is 0 Å². The monoisotopic (exact) mass is 407 g/mol. The highest BCUT2D eigenvalue weighted by Crippen LogP contribution is 2.27. The van der Waals surface area contributed by atoms with Gasteiger partial charge in [0.1, 0.15) is 5.69 Å². The van der Waals surface area contributed by atoms with E-state index in [1.54, 1.807) is 30.1 Å². The summed E-state index contributed by atoms with van der Waals surface area (Å²) in [5.41, 5.74) is 1.83. The van der Waals surface area contributed by atoms with E-state index in [-0.39, 0.29) is 24.0 Å². The molecule has 28 heavy (non-hydrogen) atoms. The number of rotatable bonds is 6. The lowest BCUT2D eigenvalue weighted by Gasteiger charge is -2.32. The Morgan fingerprint density at radius 1 is 1.29 bits per heavy atom. The number of carbonyl (C=O) groups is 1. The number of likely N-dealkylation sites (tertiary alicyclic amines) is 1. The van der Waals surface area contributed by atoms with E-state index in [1.807, 2.05) is 11.9 Å². The summed E-state index contributed by atoms with van der Waals surface area (Å²) >= 11 is 0. The maximum Gasteiger partial charge on any atom is 0.269 e. The van der Waals surface area contributed by atoms with Crippen LogP contribution in [0.1, 0.15) is 29.6 Å². The van der Waals surface area contributed by atoms with Crippen LogP contribution in [0, 0.1) is 16.0 Å². The van der Waals surface area contributed by atoms with E-state index in [9.17, 15) is 14.9 Å². The molecular formula is C19H26ClN5O3. The van der Waals surface area contributed by atoms with E-state index < -0.39 is 4.92 Å². The van der Waals surface area contributed by atoms with Gasteiger partial charge < -0.3 is 10.2 Å². The molecule has 2 heterocycles. The Morgan fingerprint density at radius 2 is 1.93 bits per heavy atom. The molecular weight excluding hydrogens is 382 g/mol. The van der Waals surface area contributed by atoms with Gasteiger partial charge >= 0.3 is 0 Å². The fraction of sp³-hybridized carbons (Fsp3) is 0.474. The standard InChI is InChI=1S/C19H25N5O3.ClH/c1-20-10-7-14-8-11-23(12-9-14)19(25)17-13-22(2)21-18(17)15-3-5-16(6-4-15)24(26)27;/h3-6,13-14,20H,7-12H2,1-2H3;1H. The van der Waals surface area contributed by atoms with Gasteiger partial charge in [-0.25, -0.2) is 0 Å². The normalized spacial score (nSPS) is 14.6. The van der Waals surface area contributed by atoms with Gasteiger partial charge in [0.25, 0.3) is 11.6 Å². The fourth-order valence-corrected chi connectivity index (χ4v) is 3.54. The Morgan fingerprint density at radius 3 is 2.50 bits per heavy atom. The van der Waals surface area contributed by atoms with Crippen molar-refractivity contribution in [1.29, 1.82) is 0 Å². The fourth-order valence-electron chi connectivity index (χ4n) is 3.54. The summed E-state index contributed by atoms with van der Waals surface area (Å²) in [6.07, 6.45) is 4.90. The number of halogens is 1. The Balaban J connectivity index is 0.00000280. The summed E-state index contributed by atoms with van der Waals surface area (Å²) < 4.78 is 1.61. The van der Waals surface area contributed by atoms with Crippen LogP contribution in [0.25, 0.3) is 11.3 Å². The van der Waals surface area contributed by atoms with Crippen molar-refractivity contribution < 1.29 is 9.72 Å². The molecule has 1 aliphatic rings. The minimum absolute atomic E-state index is 0. The van der Waals surface area contributed by atoms with Gasteiger partial charge in [0.15, 0.2) is 0 Å². The van der Waals surface area contributed by atoms with Gasteiger partial charge in [-0.3, -0.25) is 19.6 Å². The van der Waals surface area contributed by atoms with E-state index in [1.165, 1.54) is 12.1 Å². The molecule has 0 bridgehead atoms. The van der Waals surface area contributed by atoms with Crippen molar-refractivity contribution in [1.82, 2.24) is 20.0 Å². The van der Waals surface area contributed by atoms with Crippen LogP contribution >= 0.6 is 12.4 Å². The lowest BCUT2D eigenvalue weighted by atomic mass is 9.93. The maximum atomic E-state index is 13.1.